The average molecular weight is 364 g/mol. The first kappa shape index (κ1) is 18.8. The Hall–Kier alpha value is -2.58. The molecule has 2 aromatic rings. The maximum atomic E-state index is 12.2. The van der Waals surface area contributed by atoms with Gasteiger partial charge in [-0.25, -0.2) is 13.1 Å². The maximum absolute atomic E-state index is 12.2. The van der Waals surface area contributed by atoms with Crippen LogP contribution in [0.5, 0.6) is 11.5 Å². The minimum atomic E-state index is -3.66. The van der Waals surface area contributed by atoms with Crippen LogP contribution in [0.25, 0.3) is 0 Å². The summed E-state index contributed by atoms with van der Waals surface area (Å²) in [6, 6.07) is 12.0. The smallest absolute Gasteiger partial charge is 0.251 e. The van der Waals surface area contributed by atoms with Gasteiger partial charge in [-0.2, -0.15) is 0 Å². The molecule has 0 fully saturated rings. The predicted octanol–water partition coefficient (Wildman–Crippen LogP) is 1.50. The molecule has 0 saturated carbocycles. The standard InChI is InChI=1S/C17H20N2O5S/c1-2-24-15-6-8-16(9-7-15)25(22,23)19-11-10-18-17(21)13-4-3-5-14(20)12-13/h3-9,12,19-20H,2,10-11H2,1H3,(H,18,21). The third-order valence-electron chi connectivity index (χ3n) is 3.26. The number of rotatable bonds is 8. The zero-order chi connectivity index (χ0) is 18.3. The van der Waals surface area contributed by atoms with E-state index in [-0.39, 0.29) is 23.7 Å². The van der Waals surface area contributed by atoms with Crippen LogP contribution in [0.15, 0.2) is 53.4 Å². The van der Waals surface area contributed by atoms with Gasteiger partial charge >= 0.3 is 0 Å². The Morgan fingerprint density at radius 3 is 2.48 bits per heavy atom. The SMILES string of the molecule is CCOc1ccc(S(=O)(=O)NCCNC(=O)c2cccc(O)c2)cc1. The van der Waals surface area contributed by atoms with Crippen molar-refractivity contribution >= 4 is 15.9 Å². The van der Waals surface area contributed by atoms with Crippen molar-refractivity contribution in [1.29, 1.82) is 0 Å². The number of ether oxygens (including phenoxy) is 1. The molecule has 134 valence electrons. The Balaban J connectivity index is 1.84. The lowest BCUT2D eigenvalue weighted by molar-refractivity contribution is 0.0954. The molecule has 0 aromatic heterocycles. The molecule has 1 amide bonds. The minimum absolute atomic E-state index is 0.0103. The van der Waals surface area contributed by atoms with Crippen LogP contribution in [0.1, 0.15) is 17.3 Å². The molecule has 7 nitrogen and oxygen atoms in total. The molecule has 3 N–H and O–H groups in total. The van der Waals surface area contributed by atoms with Gasteiger partial charge in [0.15, 0.2) is 0 Å². The molecule has 2 aromatic carbocycles. The molecule has 0 aliphatic rings. The highest BCUT2D eigenvalue weighted by Crippen LogP contribution is 2.15. The van der Waals surface area contributed by atoms with Gasteiger partial charge in [0.25, 0.3) is 5.91 Å². The number of carbonyl (C=O) groups is 1. The quantitative estimate of drug-likeness (QED) is 0.616. The van der Waals surface area contributed by atoms with E-state index >= 15 is 0 Å². The Kier molecular flexibility index (Phi) is 6.37. The molecule has 0 saturated heterocycles. The van der Waals surface area contributed by atoms with E-state index in [0.717, 1.165) is 0 Å². The van der Waals surface area contributed by atoms with Gasteiger partial charge in [0.05, 0.1) is 11.5 Å². The van der Waals surface area contributed by atoms with Crippen molar-refractivity contribution in [1.82, 2.24) is 10.0 Å². The number of carbonyl (C=O) groups excluding carboxylic acids is 1. The minimum Gasteiger partial charge on any atom is -0.508 e. The van der Waals surface area contributed by atoms with E-state index in [1.54, 1.807) is 24.3 Å². The molecule has 2 rings (SSSR count). The van der Waals surface area contributed by atoms with Crippen molar-refractivity contribution in [3.8, 4) is 11.5 Å². The van der Waals surface area contributed by atoms with Crippen LogP contribution in [-0.4, -0.2) is 39.1 Å². The van der Waals surface area contributed by atoms with E-state index < -0.39 is 15.9 Å². The van der Waals surface area contributed by atoms with E-state index in [1.807, 2.05) is 6.92 Å². The molecule has 0 bridgehead atoms. The lowest BCUT2D eigenvalue weighted by Crippen LogP contribution is -2.34. The summed E-state index contributed by atoms with van der Waals surface area (Å²) in [6.45, 7) is 2.51. The Bertz CT molecular complexity index is 819. The van der Waals surface area contributed by atoms with E-state index in [4.69, 9.17) is 4.74 Å². The van der Waals surface area contributed by atoms with Crippen LogP contribution in [0, 0.1) is 0 Å². The van der Waals surface area contributed by atoms with Crippen LogP contribution < -0.4 is 14.8 Å². The van der Waals surface area contributed by atoms with Gasteiger partial charge in [0.1, 0.15) is 11.5 Å². The van der Waals surface area contributed by atoms with E-state index in [1.165, 1.54) is 24.3 Å². The number of phenolic OH excluding ortho intramolecular Hbond substituents is 1. The largest absolute Gasteiger partial charge is 0.508 e. The summed E-state index contributed by atoms with van der Waals surface area (Å²) >= 11 is 0. The molecule has 0 atom stereocenters. The van der Waals surface area contributed by atoms with Crippen LogP contribution in [0.4, 0.5) is 0 Å². The van der Waals surface area contributed by atoms with Crippen molar-refractivity contribution < 1.29 is 23.1 Å². The molecule has 0 heterocycles. The molecule has 0 spiro atoms. The number of hydrogen-bond donors (Lipinski definition) is 3. The van der Waals surface area contributed by atoms with E-state index in [9.17, 15) is 18.3 Å². The van der Waals surface area contributed by atoms with Gasteiger partial charge in [-0.3, -0.25) is 4.79 Å². The summed E-state index contributed by atoms with van der Waals surface area (Å²) < 4.78 is 32.0. The molecule has 8 heteroatoms. The van der Waals surface area contributed by atoms with Gasteiger partial charge in [-0.05, 0) is 49.4 Å². The van der Waals surface area contributed by atoms with Gasteiger partial charge in [-0.1, -0.05) is 6.07 Å². The normalized spacial score (nSPS) is 11.1. The highest BCUT2D eigenvalue weighted by atomic mass is 32.2. The molecular formula is C17H20N2O5S. The summed E-state index contributed by atoms with van der Waals surface area (Å²) in [4.78, 5) is 12.0. The number of nitrogens with one attached hydrogen (secondary N) is 2. The predicted molar refractivity (Wildman–Crippen MR) is 93.2 cm³/mol. The summed E-state index contributed by atoms with van der Waals surface area (Å²) in [5, 5.41) is 11.9. The maximum Gasteiger partial charge on any atom is 0.251 e. The monoisotopic (exact) mass is 364 g/mol. The third kappa shape index (κ3) is 5.47. The van der Waals surface area contributed by atoms with Gasteiger partial charge in [-0.15, -0.1) is 0 Å². The number of sulfonamides is 1. The van der Waals surface area contributed by atoms with Crippen molar-refractivity contribution in [3.05, 3.63) is 54.1 Å². The zero-order valence-electron chi connectivity index (χ0n) is 13.7. The Morgan fingerprint density at radius 2 is 1.84 bits per heavy atom. The van der Waals surface area contributed by atoms with Crippen LogP contribution >= 0.6 is 0 Å². The van der Waals surface area contributed by atoms with Gasteiger partial charge in [0.2, 0.25) is 10.0 Å². The molecule has 0 aliphatic heterocycles. The van der Waals surface area contributed by atoms with Gasteiger partial charge < -0.3 is 15.2 Å². The number of benzene rings is 2. The fraction of sp³-hybridized carbons (Fsp3) is 0.235. The number of amides is 1. The second-order valence-electron chi connectivity index (χ2n) is 5.11. The van der Waals surface area contributed by atoms with E-state index in [2.05, 4.69) is 10.0 Å². The summed E-state index contributed by atoms with van der Waals surface area (Å²) in [5.41, 5.74) is 0.300. The Morgan fingerprint density at radius 1 is 1.12 bits per heavy atom. The lowest BCUT2D eigenvalue weighted by atomic mass is 10.2. The number of hydrogen-bond acceptors (Lipinski definition) is 5. The lowest BCUT2D eigenvalue weighted by Gasteiger charge is -2.09. The van der Waals surface area contributed by atoms with Crippen molar-refractivity contribution in [3.63, 3.8) is 0 Å². The highest BCUT2D eigenvalue weighted by Gasteiger charge is 2.13. The number of phenols is 1. The molecule has 0 unspecified atom stereocenters. The first-order valence-corrected chi connectivity index (χ1v) is 9.20. The highest BCUT2D eigenvalue weighted by molar-refractivity contribution is 7.89. The van der Waals surface area contributed by atoms with Crippen molar-refractivity contribution in [2.45, 2.75) is 11.8 Å². The second kappa shape index (κ2) is 8.50. The molecule has 0 radical (unpaired) electrons. The fourth-order valence-corrected chi connectivity index (χ4v) is 3.11. The number of aromatic hydroxyl groups is 1. The Labute approximate surface area is 146 Å². The molecule has 0 aliphatic carbocycles. The zero-order valence-corrected chi connectivity index (χ0v) is 14.5. The van der Waals surface area contributed by atoms with Crippen LogP contribution in [-0.2, 0) is 10.0 Å². The average Bonchev–Trinajstić information content (AvgIpc) is 2.59. The second-order valence-corrected chi connectivity index (χ2v) is 6.88. The molecule has 25 heavy (non-hydrogen) atoms. The third-order valence-corrected chi connectivity index (χ3v) is 4.73. The topological polar surface area (TPSA) is 105 Å². The first-order valence-electron chi connectivity index (χ1n) is 7.72. The first-order chi connectivity index (χ1) is 11.9. The van der Waals surface area contributed by atoms with Crippen LogP contribution in [0.3, 0.4) is 0 Å². The van der Waals surface area contributed by atoms with E-state index in [0.29, 0.717) is 17.9 Å². The molecular weight excluding hydrogens is 344 g/mol. The van der Waals surface area contributed by atoms with Crippen molar-refractivity contribution in [2.24, 2.45) is 0 Å². The van der Waals surface area contributed by atoms with Crippen LogP contribution in [0.2, 0.25) is 0 Å². The van der Waals surface area contributed by atoms with Gasteiger partial charge in [0, 0.05) is 18.7 Å². The fourth-order valence-electron chi connectivity index (χ4n) is 2.08. The summed E-state index contributed by atoms with van der Waals surface area (Å²) in [5.74, 6) is 0.194. The summed E-state index contributed by atoms with van der Waals surface area (Å²) in [7, 11) is -3.66. The van der Waals surface area contributed by atoms with Crippen molar-refractivity contribution in [2.75, 3.05) is 19.7 Å². The summed E-state index contributed by atoms with van der Waals surface area (Å²) in [6.07, 6.45) is 0.